The van der Waals surface area contributed by atoms with Crippen LogP contribution in [0.15, 0.2) is 18.2 Å². The standard InChI is InChI=1S/C16H22N2O3/c1-11-6-7-13-12(10-11)15(20-4)14(16(19)21-5)18(13)9-8-17(2)3/h6-7,10H,8-9H2,1-5H3. The molecule has 1 heterocycles. The molecule has 2 aromatic rings. The second kappa shape index (κ2) is 6.18. The molecule has 0 N–H and O–H groups in total. The summed E-state index contributed by atoms with van der Waals surface area (Å²) in [4.78, 5) is 14.3. The number of esters is 1. The second-order valence-corrected chi connectivity index (χ2v) is 5.35. The van der Waals surface area contributed by atoms with E-state index < -0.39 is 0 Å². The fourth-order valence-electron chi connectivity index (χ4n) is 2.48. The minimum absolute atomic E-state index is 0.376. The minimum Gasteiger partial charge on any atom is -0.494 e. The Morgan fingerprint density at radius 3 is 2.57 bits per heavy atom. The fraction of sp³-hybridized carbons (Fsp3) is 0.438. The highest BCUT2D eigenvalue weighted by Gasteiger charge is 2.24. The van der Waals surface area contributed by atoms with E-state index in [1.54, 1.807) is 7.11 Å². The molecule has 1 aromatic heterocycles. The Bertz CT molecular complexity index is 659. The van der Waals surface area contributed by atoms with Gasteiger partial charge in [0.15, 0.2) is 11.4 Å². The first kappa shape index (κ1) is 15.4. The van der Waals surface area contributed by atoms with Crippen molar-refractivity contribution in [2.24, 2.45) is 0 Å². The van der Waals surface area contributed by atoms with Gasteiger partial charge in [-0.3, -0.25) is 0 Å². The van der Waals surface area contributed by atoms with Gasteiger partial charge in [-0.05, 0) is 33.2 Å². The van der Waals surface area contributed by atoms with E-state index in [1.165, 1.54) is 7.11 Å². The molecule has 0 saturated carbocycles. The number of carbonyl (C=O) groups excluding carboxylic acids is 1. The lowest BCUT2D eigenvalue weighted by Gasteiger charge is -2.13. The number of aromatic nitrogens is 1. The third-order valence-corrected chi connectivity index (χ3v) is 3.53. The number of likely N-dealkylation sites (N-methyl/N-ethyl adjacent to an activating group) is 1. The number of fused-ring (bicyclic) bond motifs is 1. The first-order chi connectivity index (χ1) is 9.99. The van der Waals surface area contributed by atoms with Crippen LogP contribution in [0.3, 0.4) is 0 Å². The Hall–Kier alpha value is -2.01. The molecule has 0 aliphatic carbocycles. The van der Waals surface area contributed by atoms with Crippen LogP contribution < -0.4 is 4.74 Å². The Kier molecular flexibility index (Phi) is 4.53. The number of carbonyl (C=O) groups is 1. The van der Waals surface area contributed by atoms with Gasteiger partial charge in [0.05, 0.1) is 19.7 Å². The summed E-state index contributed by atoms with van der Waals surface area (Å²) in [5.74, 6) is 0.207. The van der Waals surface area contributed by atoms with Crippen LogP contribution in [0.2, 0.25) is 0 Å². The molecule has 5 nitrogen and oxygen atoms in total. The molecule has 2 rings (SSSR count). The van der Waals surface area contributed by atoms with Gasteiger partial charge in [0, 0.05) is 18.5 Å². The summed E-state index contributed by atoms with van der Waals surface area (Å²) in [7, 11) is 6.98. The zero-order valence-corrected chi connectivity index (χ0v) is 13.3. The number of rotatable bonds is 5. The average Bonchev–Trinajstić information content (AvgIpc) is 2.76. The Labute approximate surface area is 125 Å². The Morgan fingerprint density at radius 1 is 1.29 bits per heavy atom. The van der Waals surface area contributed by atoms with Gasteiger partial charge in [-0.15, -0.1) is 0 Å². The summed E-state index contributed by atoms with van der Waals surface area (Å²) >= 11 is 0. The van der Waals surface area contributed by atoms with Crippen LogP contribution in [0.25, 0.3) is 10.9 Å². The number of hydrogen-bond donors (Lipinski definition) is 0. The lowest BCUT2D eigenvalue weighted by atomic mass is 10.1. The third kappa shape index (κ3) is 2.88. The molecule has 0 spiro atoms. The molecule has 0 saturated heterocycles. The van der Waals surface area contributed by atoms with Gasteiger partial charge in [-0.1, -0.05) is 11.6 Å². The summed E-state index contributed by atoms with van der Waals surface area (Å²) < 4.78 is 12.4. The molecule has 0 aliphatic rings. The summed E-state index contributed by atoms with van der Waals surface area (Å²) in [5, 5.41) is 0.941. The molecule has 0 unspecified atom stereocenters. The van der Waals surface area contributed by atoms with Gasteiger partial charge in [0.2, 0.25) is 0 Å². The highest BCUT2D eigenvalue weighted by Crippen LogP contribution is 2.34. The molecule has 0 amide bonds. The molecule has 1 aromatic carbocycles. The molecule has 0 atom stereocenters. The van der Waals surface area contributed by atoms with E-state index in [9.17, 15) is 4.79 Å². The molecular weight excluding hydrogens is 268 g/mol. The van der Waals surface area contributed by atoms with Crippen LogP contribution in [0, 0.1) is 6.92 Å². The maximum atomic E-state index is 12.2. The van der Waals surface area contributed by atoms with Crippen LogP contribution in [0.5, 0.6) is 5.75 Å². The van der Waals surface area contributed by atoms with E-state index in [2.05, 4.69) is 4.90 Å². The second-order valence-electron chi connectivity index (χ2n) is 5.35. The molecule has 21 heavy (non-hydrogen) atoms. The van der Waals surface area contributed by atoms with Crippen molar-refractivity contribution in [3.05, 3.63) is 29.5 Å². The van der Waals surface area contributed by atoms with Crippen molar-refractivity contribution in [1.29, 1.82) is 0 Å². The topological polar surface area (TPSA) is 43.7 Å². The minimum atomic E-state index is -0.376. The van der Waals surface area contributed by atoms with Crippen molar-refractivity contribution in [2.75, 3.05) is 34.9 Å². The van der Waals surface area contributed by atoms with Crippen LogP contribution in [-0.2, 0) is 11.3 Å². The predicted octanol–water partition coefficient (Wildman–Crippen LogP) is 2.31. The van der Waals surface area contributed by atoms with Gasteiger partial charge >= 0.3 is 5.97 Å². The van der Waals surface area contributed by atoms with Crippen LogP contribution in [0.1, 0.15) is 16.1 Å². The molecule has 0 radical (unpaired) electrons. The normalized spacial score (nSPS) is 11.1. The van der Waals surface area contributed by atoms with Gasteiger partial charge in [0.25, 0.3) is 0 Å². The summed E-state index contributed by atoms with van der Waals surface area (Å²) in [6.45, 7) is 3.54. The van der Waals surface area contributed by atoms with Crippen LogP contribution >= 0.6 is 0 Å². The molecule has 5 heteroatoms. The van der Waals surface area contributed by atoms with E-state index >= 15 is 0 Å². The maximum Gasteiger partial charge on any atom is 0.358 e. The van der Waals surface area contributed by atoms with Crippen molar-refractivity contribution >= 4 is 16.9 Å². The zero-order valence-electron chi connectivity index (χ0n) is 13.3. The predicted molar refractivity (Wildman–Crippen MR) is 83.1 cm³/mol. The summed E-state index contributed by atoms with van der Waals surface area (Å²) in [6.07, 6.45) is 0. The Balaban J connectivity index is 2.69. The molecule has 0 bridgehead atoms. The highest BCUT2D eigenvalue weighted by atomic mass is 16.5. The number of aryl methyl sites for hydroxylation is 1. The zero-order chi connectivity index (χ0) is 15.6. The van der Waals surface area contributed by atoms with E-state index in [1.807, 2.05) is 43.8 Å². The van der Waals surface area contributed by atoms with Crippen LogP contribution in [-0.4, -0.2) is 50.3 Å². The quantitative estimate of drug-likeness (QED) is 0.793. The van der Waals surface area contributed by atoms with E-state index in [-0.39, 0.29) is 5.97 Å². The highest BCUT2D eigenvalue weighted by molar-refractivity contribution is 6.02. The third-order valence-electron chi connectivity index (χ3n) is 3.53. The van der Waals surface area contributed by atoms with E-state index in [0.29, 0.717) is 18.0 Å². The van der Waals surface area contributed by atoms with E-state index in [0.717, 1.165) is 23.0 Å². The van der Waals surface area contributed by atoms with Crippen LogP contribution in [0.4, 0.5) is 0 Å². The lowest BCUT2D eigenvalue weighted by Crippen LogP contribution is -2.21. The van der Waals surface area contributed by atoms with Gasteiger partial charge < -0.3 is 18.9 Å². The number of methoxy groups -OCH3 is 2. The lowest BCUT2D eigenvalue weighted by molar-refractivity contribution is 0.0584. The van der Waals surface area contributed by atoms with E-state index in [4.69, 9.17) is 9.47 Å². The van der Waals surface area contributed by atoms with Crippen molar-refractivity contribution < 1.29 is 14.3 Å². The molecule has 0 aliphatic heterocycles. The summed E-state index contributed by atoms with van der Waals surface area (Å²) in [5.41, 5.74) is 2.59. The number of benzene rings is 1. The first-order valence-corrected chi connectivity index (χ1v) is 6.89. The van der Waals surface area contributed by atoms with Crippen molar-refractivity contribution in [3.63, 3.8) is 0 Å². The number of nitrogens with zero attached hydrogens (tertiary/aromatic N) is 2. The van der Waals surface area contributed by atoms with Crippen molar-refractivity contribution in [2.45, 2.75) is 13.5 Å². The maximum absolute atomic E-state index is 12.2. The molecule has 114 valence electrons. The monoisotopic (exact) mass is 290 g/mol. The first-order valence-electron chi connectivity index (χ1n) is 6.89. The SMILES string of the molecule is COC(=O)c1c(OC)c2cc(C)ccc2n1CCN(C)C. The summed E-state index contributed by atoms with van der Waals surface area (Å²) in [6, 6.07) is 6.09. The van der Waals surface area contributed by atoms with Gasteiger partial charge in [-0.25, -0.2) is 4.79 Å². The molecule has 0 fully saturated rings. The smallest absolute Gasteiger partial charge is 0.358 e. The Morgan fingerprint density at radius 2 is 2.00 bits per heavy atom. The molecular formula is C16H22N2O3. The van der Waals surface area contributed by atoms with Gasteiger partial charge in [-0.2, -0.15) is 0 Å². The largest absolute Gasteiger partial charge is 0.494 e. The average molecular weight is 290 g/mol. The van der Waals surface area contributed by atoms with Crippen molar-refractivity contribution in [1.82, 2.24) is 9.47 Å². The number of ether oxygens (including phenoxy) is 2. The van der Waals surface area contributed by atoms with Gasteiger partial charge in [0.1, 0.15) is 0 Å². The number of hydrogen-bond acceptors (Lipinski definition) is 4. The fourth-order valence-corrected chi connectivity index (χ4v) is 2.48. The van der Waals surface area contributed by atoms with Crippen molar-refractivity contribution in [3.8, 4) is 5.75 Å².